The number of urea groups is 1. The van der Waals surface area contributed by atoms with Gasteiger partial charge in [-0.25, -0.2) is 4.79 Å². The van der Waals surface area contributed by atoms with Crippen molar-refractivity contribution in [2.45, 2.75) is 12.0 Å². The highest BCUT2D eigenvalue weighted by Gasteiger charge is 2.55. The molecule has 2 aliphatic rings. The summed E-state index contributed by atoms with van der Waals surface area (Å²) in [5.41, 5.74) is -0.155. The average Bonchev–Trinajstić information content (AvgIpc) is 2.98. The zero-order valence-electron chi connectivity index (χ0n) is 15.9. The van der Waals surface area contributed by atoms with Crippen LogP contribution in [-0.4, -0.2) is 48.5 Å². The fourth-order valence-corrected chi connectivity index (χ4v) is 3.55. The molecule has 2 aromatic carbocycles. The van der Waals surface area contributed by atoms with E-state index in [1.165, 1.54) is 0 Å². The molecule has 1 spiro atoms. The number of anilines is 1. The molecule has 0 aliphatic carbocycles. The monoisotopic (exact) mass is 409 g/mol. The van der Waals surface area contributed by atoms with Crippen molar-refractivity contribution >= 4 is 29.5 Å². The lowest BCUT2D eigenvalue weighted by Crippen LogP contribution is -2.47. The number of imide groups is 1. The molecule has 0 bridgehead atoms. The van der Waals surface area contributed by atoms with Crippen LogP contribution in [0.15, 0.2) is 54.6 Å². The Balaban J connectivity index is 1.38. The van der Waals surface area contributed by atoms with Gasteiger partial charge in [-0.2, -0.15) is 0 Å². The Hall–Kier alpha value is -3.88. The summed E-state index contributed by atoms with van der Waals surface area (Å²) in [5, 5.41) is 5.27. The van der Waals surface area contributed by atoms with Crippen molar-refractivity contribution in [1.29, 1.82) is 0 Å². The number of rotatable bonds is 5. The number of fused-ring (bicyclic) bond motifs is 2. The molecule has 2 aromatic rings. The van der Waals surface area contributed by atoms with Crippen LogP contribution in [0.4, 0.5) is 10.5 Å². The summed E-state index contributed by atoms with van der Waals surface area (Å²) in [4.78, 5) is 50.4. The molecule has 2 aliphatic heterocycles. The van der Waals surface area contributed by atoms with Gasteiger partial charge in [-0.3, -0.25) is 19.3 Å². The molecular weight excluding hydrogens is 390 g/mol. The molecule has 1 fully saturated rings. The van der Waals surface area contributed by atoms with Crippen molar-refractivity contribution < 1.29 is 28.7 Å². The van der Waals surface area contributed by atoms with Crippen molar-refractivity contribution in [3.63, 3.8) is 0 Å². The molecule has 0 radical (unpaired) electrons. The molecule has 30 heavy (non-hydrogen) atoms. The van der Waals surface area contributed by atoms with Gasteiger partial charge in [-0.15, -0.1) is 0 Å². The van der Waals surface area contributed by atoms with Crippen LogP contribution in [0.2, 0.25) is 0 Å². The predicted molar refractivity (Wildman–Crippen MR) is 105 cm³/mol. The number of benzene rings is 2. The molecule has 2 N–H and O–H groups in total. The zero-order valence-corrected chi connectivity index (χ0v) is 15.9. The zero-order chi connectivity index (χ0) is 21.1. The van der Waals surface area contributed by atoms with Crippen molar-refractivity contribution in [3.05, 3.63) is 60.2 Å². The lowest BCUT2D eigenvalue weighted by atomic mass is 9.84. The van der Waals surface area contributed by atoms with Crippen LogP contribution in [0.25, 0.3) is 0 Å². The number of nitrogens with zero attached hydrogens (tertiary/aromatic N) is 1. The first-order valence-corrected chi connectivity index (χ1v) is 9.36. The number of ether oxygens (including phenoxy) is 2. The Morgan fingerprint density at radius 1 is 1.10 bits per heavy atom. The number of nitrogens with one attached hydrogen (secondary N) is 2. The van der Waals surface area contributed by atoms with Crippen LogP contribution in [-0.2, 0) is 24.7 Å². The number of esters is 1. The van der Waals surface area contributed by atoms with Gasteiger partial charge in [0.25, 0.3) is 11.8 Å². The van der Waals surface area contributed by atoms with E-state index in [1.54, 1.807) is 54.6 Å². The first-order chi connectivity index (χ1) is 14.5. The number of para-hydroxylation sites is 2. The minimum atomic E-state index is -1.27. The third kappa shape index (κ3) is 3.57. The predicted octanol–water partition coefficient (Wildman–Crippen LogP) is 1.40. The minimum Gasteiger partial charge on any atom is -0.493 e. The van der Waals surface area contributed by atoms with Crippen LogP contribution < -0.4 is 15.4 Å². The molecule has 4 rings (SSSR count). The van der Waals surface area contributed by atoms with E-state index in [2.05, 4.69) is 10.6 Å². The SMILES string of the molecule is O=C(COC(=O)CN1C(=O)N[C@]2(CCOc3ccccc32)C1=O)Nc1ccccc1. The molecule has 1 saturated heterocycles. The summed E-state index contributed by atoms with van der Waals surface area (Å²) < 4.78 is 10.5. The van der Waals surface area contributed by atoms with Crippen molar-refractivity contribution in [3.8, 4) is 5.75 Å². The maximum absolute atomic E-state index is 13.1. The van der Waals surface area contributed by atoms with E-state index < -0.39 is 42.5 Å². The van der Waals surface area contributed by atoms with Crippen LogP contribution in [0.5, 0.6) is 5.75 Å². The van der Waals surface area contributed by atoms with Gasteiger partial charge in [0.1, 0.15) is 12.3 Å². The second kappa shape index (κ2) is 7.86. The molecular formula is C21H19N3O6. The summed E-state index contributed by atoms with van der Waals surface area (Å²) in [6.45, 7) is -0.867. The quantitative estimate of drug-likeness (QED) is 0.570. The third-order valence-electron chi connectivity index (χ3n) is 4.97. The van der Waals surface area contributed by atoms with E-state index in [-0.39, 0.29) is 13.0 Å². The molecule has 1 atom stereocenters. The first-order valence-electron chi connectivity index (χ1n) is 9.36. The van der Waals surface area contributed by atoms with Crippen LogP contribution in [0.1, 0.15) is 12.0 Å². The fraction of sp³-hybridized carbons (Fsp3) is 0.238. The summed E-state index contributed by atoms with van der Waals surface area (Å²) in [6.07, 6.45) is 0.250. The van der Waals surface area contributed by atoms with E-state index in [0.717, 1.165) is 4.90 Å². The largest absolute Gasteiger partial charge is 0.493 e. The fourth-order valence-electron chi connectivity index (χ4n) is 3.55. The molecule has 0 unspecified atom stereocenters. The molecule has 9 heteroatoms. The van der Waals surface area contributed by atoms with E-state index in [4.69, 9.17) is 9.47 Å². The number of hydrogen-bond donors (Lipinski definition) is 2. The Kier molecular flexibility index (Phi) is 5.09. The topological polar surface area (TPSA) is 114 Å². The van der Waals surface area contributed by atoms with Crippen molar-refractivity contribution in [2.75, 3.05) is 25.1 Å². The lowest BCUT2D eigenvalue weighted by molar-refractivity contribution is -0.150. The van der Waals surface area contributed by atoms with Gasteiger partial charge in [0.05, 0.1) is 6.61 Å². The van der Waals surface area contributed by atoms with Gasteiger partial charge >= 0.3 is 12.0 Å². The average molecular weight is 409 g/mol. The van der Waals surface area contributed by atoms with E-state index in [1.807, 2.05) is 0 Å². The van der Waals surface area contributed by atoms with Gasteiger partial charge in [-0.1, -0.05) is 36.4 Å². The van der Waals surface area contributed by atoms with Crippen molar-refractivity contribution in [1.82, 2.24) is 10.2 Å². The number of carbonyl (C=O) groups is 4. The maximum Gasteiger partial charge on any atom is 0.326 e. The number of hydrogen-bond acceptors (Lipinski definition) is 6. The molecule has 0 saturated carbocycles. The van der Waals surface area contributed by atoms with Gasteiger partial charge in [-0.05, 0) is 18.2 Å². The van der Waals surface area contributed by atoms with Gasteiger partial charge in [0.15, 0.2) is 12.1 Å². The Morgan fingerprint density at radius 3 is 2.63 bits per heavy atom. The Morgan fingerprint density at radius 2 is 1.83 bits per heavy atom. The number of amides is 4. The molecule has 154 valence electrons. The normalized spacial score (nSPS) is 19.7. The van der Waals surface area contributed by atoms with Crippen LogP contribution in [0.3, 0.4) is 0 Å². The molecule has 0 aromatic heterocycles. The van der Waals surface area contributed by atoms with Crippen LogP contribution >= 0.6 is 0 Å². The summed E-state index contributed by atoms with van der Waals surface area (Å²) in [7, 11) is 0. The molecule has 9 nitrogen and oxygen atoms in total. The Bertz CT molecular complexity index is 1010. The summed E-state index contributed by atoms with van der Waals surface area (Å²) in [5.74, 6) is -1.42. The highest BCUT2D eigenvalue weighted by Crippen LogP contribution is 2.40. The minimum absolute atomic E-state index is 0.250. The second-order valence-corrected chi connectivity index (χ2v) is 6.90. The van der Waals surface area contributed by atoms with E-state index in [9.17, 15) is 19.2 Å². The summed E-state index contributed by atoms with van der Waals surface area (Å²) in [6, 6.07) is 15.0. The Labute approximate surface area is 171 Å². The van der Waals surface area contributed by atoms with Crippen LogP contribution in [0, 0.1) is 0 Å². The molecule has 4 amide bonds. The maximum atomic E-state index is 13.1. The highest BCUT2D eigenvalue weighted by molar-refractivity contribution is 6.09. The van der Waals surface area contributed by atoms with Crippen molar-refractivity contribution in [2.24, 2.45) is 0 Å². The van der Waals surface area contributed by atoms with Gasteiger partial charge in [0.2, 0.25) is 0 Å². The highest BCUT2D eigenvalue weighted by atomic mass is 16.5. The first kappa shape index (κ1) is 19.4. The summed E-state index contributed by atoms with van der Waals surface area (Å²) >= 11 is 0. The standard InChI is InChI=1S/C21H19N3O6/c25-17(22-14-6-2-1-3-7-14)13-30-18(26)12-24-19(27)21(23-20(24)28)10-11-29-16-9-5-4-8-15(16)21/h1-9H,10-13H2,(H,22,25)(H,23,28)/t21-/m0/s1. The smallest absolute Gasteiger partial charge is 0.326 e. The van der Waals surface area contributed by atoms with Gasteiger partial charge in [0, 0.05) is 17.7 Å². The van der Waals surface area contributed by atoms with E-state index in [0.29, 0.717) is 17.0 Å². The van der Waals surface area contributed by atoms with E-state index >= 15 is 0 Å². The second-order valence-electron chi connectivity index (χ2n) is 6.90. The third-order valence-corrected chi connectivity index (χ3v) is 4.97. The molecule has 2 heterocycles. The lowest BCUT2D eigenvalue weighted by Gasteiger charge is -2.33. The van der Waals surface area contributed by atoms with Gasteiger partial charge < -0.3 is 20.1 Å². The number of carbonyl (C=O) groups excluding carboxylic acids is 4.